The Morgan fingerprint density at radius 1 is 1.21 bits per heavy atom. The third kappa shape index (κ3) is 3.48. The number of hydrogen-bond donors (Lipinski definition) is 2. The fourth-order valence-corrected chi connectivity index (χ4v) is 3.44. The van der Waals surface area contributed by atoms with Gasteiger partial charge >= 0.3 is 0 Å². The summed E-state index contributed by atoms with van der Waals surface area (Å²) in [4.78, 5) is 21.8. The number of fused-ring (bicyclic) bond motifs is 1. The molecule has 0 fully saturated rings. The Balaban J connectivity index is 1.78. The van der Waals surface area contributed by atoms with E-state index in [1.807, 2.05) is 38.1 Å². The number of amides is 1. The van der Waals surface area contributed by atoms with Crippen LogP contribution < -0.4 is 5.32 Å². The molecule has 1 aromatic carbocycles. The van der Waals surface area contributed by atoms with Crippen LogP contribution in [0.25, 0.3) is 10.3 Å². The summed E-state index contributed by atoms with van der Waals surface area (Å²) in [7, 11) is 0. The molecule has 0 radical (unpaired) electrons. The molecule has 2 heterocycles. The third-order valence-electron chi connectivity index (χ3n) is 3.77. The molecule has 3 aromatic rings. The van der Waals surface area contributed by atoms with Crippen molar-refractivity contribution in [1.29, 1.82) is 0 Å². The molecule has 2 N–H and O–H groups in total. The lowest BCUT2D eigenvalue weighted by atomic mass is 9.85. The molecule has 7 heteroatoms. The molecule has 0 unspecified atom stereocenters. The van der Waals surface area contributed by atoms with Crippen molar-refractivity contribution in [2.45, 2.75) is 19.3 Å². The van der Waals surface area contributed by atoms with E-state index in [1.54, 1.807) is 12.1 Å². The van der Waals surface area contributed by atoms with Crippen molar-refractivity contribution in [3.63, 3.8) is 0 Å². The van der Waals surface area contributed by atoms with E-state index in [0.29, 0.717) is 10.7 Å². The number of nitrogens with zero attached hydrogens (tertiary/aromatic N) is 2. The topological polar surface area (TPSA) is 75.1 Å². The molecule has 124 valence electrons. The zero-order valence-corrected chi connectivity index (χ0v) is 15.6. The molecule has 0 aliphatic heterocycles. The largest absolute Gasteiger partial charge is 0.395 e. The van der Waals surface area contributed by atoms with E-state index >= 15 is 0 Å². The molecule has 24 heavy (non-hydrogen) atoms. The van der Waals surface area contributed by atoms with Gasteiger partial charge in [-0.25, -0.2) is 9.97 Å². The van der Waals surface area contributed by atoms with Gasteiger partial charge in [0.1, 0.15) is 15.0 Å². The number of pyridine rings is 1. The number of aromatic nitrogens is 2. The van der Waals surface area contributed by atoms with E-state index in [1.165, 1.54) is 11.3 Å². The summed E-state index contributed by atoms with van der Waals surface area (Å²) >= 11 is 4.65. The zero-order chi connectivity index (χ0) is 17.3. The van der Waals surface area contributed by atoms with Gasteiger partial charge in [-0.3, -0.25) is 10.1 Å². The van der Waals surface area contributed by atoms with Crippen LogP contribution in [0.5, 0.6) is 0 Å². The molecule has 0 aliphatic rings. The number of thiazole rings is 1. The first-order valence-corrected chi connectivity index (χ1v) is 8.96. The third-order valence-corrected chi connectivity index (χ3v) is 5.09. The Hall–Kier alpha value is -1.83. The molecular weight excluding hydrogens is 390 g/mol. The van der Waals surface area contributed by atoms with Gasteiger partial charge in [-0.05, 0) is 45.8 Å². The molecule has 0 saturated heterocycles. The van der Waals surface area contributed by atoms with Crippen molar-refractivity contribution < 1.29 is 9.90 Å². The van der Waals surface area contributed by atoms with Gasteiger partial charge < -0.3 is 5.11 Å². The molecule has 0 bridgehead atoms. The van der Waals surface area contributed by atoms with Crippen molar-refractivity contribution in [3.05, 3.63) is 52.1 Å². The molecule has 0 saturated carbocycles. The van der Waals surface area contributed by atoms with Gasteiger partial charge in [0.15, 0.2) is 5.13 Å². The highest BCUT2D eigenvalue weighted by atomic mass is 79.9. The summed E-state index contributed by atoms with van der Waals surface area (Å²) in [6, 6.07) is 10.9. The average Bonchev–Trinajstić information content (AvgIpc) is 2.96. The van der Waals surface area contributed by atoms with Crippen molar-refractivity contribution >= 4 is 48.7 Å². The fraction of sp³-hybridized carbons (Fsp3) is 0.235. The second-order valence-corrected chi connectivity index (χ2v) is 7.84. The van der Waals surface area contributed by atoms with Crippen LogP contribution in [0.2, 0.25) is 0 Å². The first-order valence-electron chi connectivity index (χ1n) is 7.35. The maximum Gasteiger partial charge on any atom is 0.257 e. The van der Waals surface area contributed by atoms with Gasteiger partial charge in [0.05, 0.1) is 6.61 Å². The summed E-state index contributed by atoms with van der Waals surface area (Å²) < 4.78 is 0.735. The summed E-state index contributed by atoms with van der Waals surface area (Å²) in [6.45, 7) is 3.95. The van der Waals surface area contributed by atoms with Crippen molar-refractivity contribution in [1.82, 2.24) is 9.97 Å². The summed E-state index contributed by atoms with van der Waals surface area (Å²) in [6.07, 6.45) is 0. The van der Waals surface area contributed by atoms with Crippen LogP contribution in [0.15, 0.2) is 41.0 Å². The van der Waals surface area contributed by atoms with E-state index in [4.69, 9.17) is 0 Å². The van der Waals surface area contributed by atoms with Crippen LogP contribution in [-0.4, -0.2) is 27.6 Å². The van der Waals surface area contributed by atoms with Crippen LogP contribution in [0.4, 0.5) is 5.13 Å². The molecule has 0 aliphatic carbocycles. The maximum absolute atomic E-state index is 12.4. The number of aliphatic hydroxyl groups is 1. The molecule has 5 nitrogen and oxygen atoms in total. The molecule has 2 aromatic heterocycles. The Bertz CT molecular complexity index is 890. The van der Waals surface area contributed by atoms with E-state index < -0.39 is 0 Å². The highest BCUT2D eigenvalue weighted by Crippen LogP contribution is 2.26. The van der Waals surface area contributed by atoms with E-state index in [9.17, 15) is 9.90 Å². The fourth-order valence-electron chi connectivity index (χ4n) is 2.18. The van der Waals surface area contributed by atoms with Gasteiger partial charge in [-0.15, -0.1) is 0 Å². The maximum atomic E-state index is 12.4. The van der Waals surface area contributed by atoms with Crippen LogP contribution in [-0.2, 0) is 5.41 Å². The second kappa shape index (κ2) is 6.58. The number of hydrogen-bond acceptors (Lipinski definition) is 5. The monoisotopic (exact) mass is 405 g/mol. The quantitative estimate of drug-likeness (QED) is 0.643. The van der Waals surface area contributed by atoms with Gasteiger partial charge in [-0.1, -0.05) is 37.3 Å². The summed E-state index contributed by atoms with van der Waals surface area (Å²) in [5, 5.41) is 12.7. The predicted molar refractivity (Wildman–Crippen MR) is 99.6 cm³/mol. The number of anilines is 1. The molecule has 0 spiro atoms. The molecule has 1 amide bonds. The van der Waals surface area contributed by atoms with Gasteiger partial charge in [0.25, 0.3) is 5.91 Å². The Labute approximate surface area is 151 Å². The van der Waals surface area contributed by atoms with Gasteiger partial charge in [0, 0.05) is 11.0 Å². The number of nitrogens with one attached hydrogen (secondary N) is 1. The second-order valence-electron chi connectivity index (χ2n) is 6.05. The zero-order valence-electron chi connectivity index (χ0n) is 13.2. The highest BCUT2D eigenvalue weighted by Gasteiger charge is 2.19. The predicted octanol–water partition coefficient (Wildman–Crippen LogP) is 3.98. The highest BCUT2D eigenvalue weighted by molar-refractivity contribution is 9.10. The Morgan fingerprint density at radius 3 is 2.58 bits per heavy atom. The first kappa shape index (κ1) is 17.0. The van der Waals surface area contributed by atoms with E-state index in [0.717, 1.165) is 20.5 Å². The Kier molecular flexibility index (Phi) is 4.67. The van der Waals surface area contributed by atoms with Crippen molar-refractivity contribution in [3.8, 4) is 0 Å². The van der Waals surface area contributed by atoms with E-state index in [-0.39, 0.29) is 17.9 Å². The van der Waals surface area contributed by atoms with Gasteiger partial charge in [0.2, 0.25) is 0 Å². The summed E-state index contributed by atoms with van der Waals surface area (Å²) in [5.41, 5.74) is 1.94. The SMILES string of the molecule is CC(C)(CO)c1ccc(C(=O)Nc2nc3ccc(Br)nc3s2)cc1. The Morgan fingerprint density at radius 2 is 1.92 bits per heavy atom. The minimum Gasteiger partial charge on any atom is -0.395 e. The molecular formula is C17H16BrN3O2S. The van der Waals surface area contributed by atoms with Crippen LogP contribution in [0.1, 0.15) is 29.8 Å². The number of carbonyl (C=O) groups is 1. The lowest BCUT2D eigenvalue weighted by Crippen LogP contribution is -2.22. The van der Waals surface area contributed by atoms with E-state index in [2.05, 4.69) is 31.2 Å². The summed E-state index contributed by atoms with van der Waals surface area (Å²) in [5.74, 6) is -0.221. The lowest BCUT2D eigenvalue weighted by Gasteiger charge is -2.22. The first-order chi connectivity index (χ1) is 11.4. The lowest BCUT2D eigenvalue weighted by molar-refractivity contribution is 0.102. The number of carbonyl (C=O) groups excluding carboxylic acids is 1. The normalized spacial score (nSPS) is 11.7. The minimum absolute atomic E-state index is 0.0484. The van der Waals surface area contributed by atoms with Crippen LogP contribution >= 0.6 is 27.3 Å². The van der Waals surface area contributed by atoms with Crippen LogP contribution in [0.3, 0.4) is 0 Å². The molecule has 0 atom stereocenters. The number of aliphatic hydroxyl groups excluding tert-OH is 1. The number of rotatable bonds is 4. The van der Waals surface area contributed by atoms with Crippen molar-refractivity contribution in [2.75, 3.05) is 11.9 Å². The number of benzene rings is 1. The smallest absolute Gasteiger partial charge is 0.257 e. The van der Waals surface area contributed by atoms with Crippen molar-refractivity contribution in [2.24, 2.45) is 0 Å². The minimum atomic E-state index is -0.332. The average molecular weight is 406 g/mol. The number of halogens is 1. The van der Waals surface area contributed by atoms with Gasteiger partial charge in [-0.2, -0.15) is 0 Å². The standard InChI is InChI=1S/C17H16BrN3O2S/c1-17(2,9-22)11-5-3-10(4-6-11)14(23)21-16-19-12-7-8-13(18)20-15(12)24-16/h3-8,22H,9H2,1-2H3,(H,19,21,23). The molecule has 3 rings (SSSR count). The van der Waals surface area contributed by atoms with Crippen LogP contribution in [0, 0.1) is 0 Å².